The van der Waals surface area contributed by atoms with Gasteiger partial charge in [0.05, 0.1) is 12.8 Å². The van der Waals surface area contributed by atoms with E-state index in [1.54, 1.807) is 6.20 Å². The van der Waals surface area contributed by atoms with Crippen molar-refractivity contribution in [3.8, 4) is 5.75 Å². The molecule has 0 radical (unpaired) electrons. The van der Waals surface area contributed by atoms with Crippen molar-refractivity contribution in [2.75, 3.05) is 26.2 Å². The molecule has 8 heteroatoms. The van der Waals surface area contributed by atoms with Crippen molar-refractivity contribution in [1.29, 1.82) is 0 Å². The largest absolute Gasteiger partial charge is 0.493 e. The molecule has 1 amide bonds. The van der Waals surface area contributed by atoms with Gasteiger partial charge in [-0.05, 0) is 49.4 Å². The SMILES string of the molecule is CCC(COc1cccc(C2CNC(=O)C2)c1CN)[C@@]1(c2cnno2)CCNCC1C(C)C. The van der Waals surface area contributed by atoms with Crippen molar-refractivity contribution in [2.45, 2.75) is 57.9 Å². The standard InChI is InChI=1S/C25H37N5O3/c1-4-18(25(23-14-29-30-33-23)8-9-27-13-21(25)16(2)3)15-32-22-7-5-6-19(20(22)11-26)17-10-24(31)28-12-17/h5-7,14,16-18,21,27H,4,8-13,15,26H2,1-3H3,(H,28,31)/t17?,18?,21?,25-/m0/s1. The fourth-order valence-corrected chi connectivity index (χ4v) is 6.10. The first-order valence-electron chi connectivity index (χ1n) is 12.2. The summed E-state index contributed by atoms with van der Waals surface area (Å²) >= 11 is 0. The molecule has 180 valence electrons. The van der Waals surface area contributed by atoms with Gasteiger partial charge < -0.3 is 25.6 Å². The molecule has 4 rings (SSSR count). The molecule has 2 saturated heterocycles. The smallest absolute Gasteiger partial charge is 0.220 e. The Labute approximate surface area is 196 Å². The number of nitrogens with one attached hydrogen (secondary N) is 2. The van der Waals surface area contributed by atoms with E-state index in [4.69, 9.17) is 15.0 Å². The van der Waals surface area contributed by atoms with Gasteiger partial charge in [-0.3, -0.25) is 4.79 Å². The summed E-state index contributed by atoms with van der Waals surface area (Å²) in [6.07, 6.45) is 4.19. The zero-order chi connectivity index (χ0) is 23.4. The molecule has 4 atom stereocenters. The summed E-state index contributed by atoms with van der Waals surface area (Å²) in [4.78, 5) is 11.8. The minimum atomic E-state index is -0.194. The lowest BCUT2D eigenvalue weighted by Crippen LogP contribution is -2.55. The minimum Gasteiger partial charge on any atom is -0.493 e. The Morgan fingerprint density at radius 3 is 2.82 bits per heavy atom. The van der Waals surface area contributed by atoms with Crippen LogP contribution in [0.4, 0.5) is 0 Å². The van der Waals surface area contributed by atoms with Gasteiger partial charge in [-0.15, -0.1) is 5.10 Å². The molecule has 8 nitrogen and oxygen atoms in total. The Bertz CT molecular complexity index is 932. The number of ether oxygens (including phenoxy) is 1. The third kappa shape index (κ3) is 4.51. The number of nitrogens with zero attached hydrogens (tertiary/aromatic N) is 2. The summed E-state index contributed by atoms with van der Waals surface area (Å²) in [5, 5.41) is 14.4. The Balaban J connectivity index is 1.63. The van der Waals surface area contributed by atoms with Gasteiger partial charge >= 0.3 is 0 Å². The fourth-order valence-electron chi connectivity index (χ4n) is 6.10. The second kappa shape index (κ2) is 10.2. The van der Waals surface area contributed by atoms with Gasteiger partial charge in [0.25, 0.3) is 0 Å². The highest BCUT2D eigenvalue weighted by Crippen LogP contribution is 2.48. The molecule has 0 bridgehead atoms. The van der Waals surface area contributed by atoms with Gasteiger partial charge in [-0.2, -0.15) is 0 Å². The van der Waals surface area contributed by atoms with Crippen LogP contribution in [-0.2, 0) is 16.8 Å². The number of hydrogen-bond acceptors (Lipinski definition) is 7. The summed E-state index contributed by atoms with van der Waals surface area (Å²) < 4.78 is 12.3. The molecule has 2 aliphatic rings. The van der Waals surface area contributed by atoms with Gasteiger partial charge in [-0.25, -0.2) is 0 Å². The highest BCUT2D eigenvalue weighted by Gasteiger charge is 2.51. The first-order valence-corrected chi connectivity index (χ1v) is 12.2. The number of piperidine rings is 1. The zero-order valence-corrected chi connectivity index (χ0v) is 20.0. The highest BCUT2D eigenvalue weighted by molar-refractivity contribution is 5.79. The topological polar surface area (TPSA) is 115 Å². The average Bonchev–Trinajstić information content (AvgIpc) is 3.51. The Hall–Kier alpha value is -2.45. The van der Waals surface area contributed by atoms with E-state index in [1.807, 2.05) is 12.1 Å². The lowest BCUT2D eigenvalue weighted by Gasteiger charge is -2.49. The first-order chi connectivity index (χ1) is 16.0. The molecule has 1 aromatic carbocycles. The van der Waals surface area contributed by atoms with Crippen LogP contribution >= 0.6 is 0 Å². The van der Waals surface area contributed by atoms with Crippen LogP contribution in [0.2, 0.25) is 0 Å². The van der Waals surface area contributed by atoms with Crippen LogP contribution in [0.5, 0.6) is 5.75 Å². The van der Waals surface area contributed by atoms with E-state index in [0.717, 1.165) is 48.6 Å². The van der Waals surface area contributed by atoms with Crippen LogP contribution in [0.1, 0.15) is 62.8 Å². The quantitative estimate of drug-likeness (QED) is 0.532. The molecule has 3 heterocycles. The van der Waals surface area contributed by atoms with Crippen LogP contribution in [-0.4, -0.2) is 42.5 Å². The molecular formula is C25H37N5O3. The van der Waals surface area contributed by atoms with E-state index in [9.17, 15) is 4.79 Å². The van der Waals surface area contributed by atoms with Crippen molar-refractivity contribution >= 4 is 5.91 Å². The summed E-state index contributed by atoms with van der Waals surface area (Å²) in [7, 11) is 0. The number of aromatic nitrogens is 2. The summed E-state index contributed by atoms with van der Waals surface area (Å²) in [6.45, 7) is 10.2. The van der Waals surface area contributed by atoms with E-state index >= 15 is 0 Å². The van der Waals surface area contributed by atoms with Crippen molar-refractivity contribution in [3.05, 3.63) is 41.3 Å². The van der Waals surface area contributed by atoms with Crippen molar-refractivity contribution in [1.82, 2.24) is 21.0 Å². The number of hydrogen-bond donors (Lipinski definition) is 3. The molecule has 0 saturated carbocycles. The second-order valence-electron chi connectivity index (χ2n) is 9.78. The monoisotopic (exact) mass is 455 g/mol. The number of carbonyl (C=O) groups is 1. The Morgan fingerprint density at radius 1 is 1.33 bits per heavy atom. The molecule has 2 fully saturated rings. The number of nitrogens with two attached hydrogens (primary N) is 1. The molecule has 0 aliphatic carbocycles. The van der Waals surface area contributed by atoms with Crippen molar-refractivity contribution in [2.24, 2.45) is 23.5 Å². The van der Waals surface area contributed by atoms with Gasteiger partial charge in [0.2, 0.25) is 5.91 Å². The van der Waals surface area contributed by atoms with Gasteiger partial charge in [0, 0.05) is 47.6 Å². The molecule has 1 aromatic heterocycles. The maximum absolute atomic E-state index is 11.8. The molecule has 2 aliphatic heterocycles. The van der Waals surface area contributed by atoms with E-state index in [2.05, 4.69) is 47.8 Å². The lowest BCUT2D eigenvalue weighted by atomic mass is 9.58. The number of benzene rings is 1. The van der Waals surface area contributed by atoms with Gasteiger partial charge in [-0.1, -0.05) is 32.9 Å². The number of carbonyl (C=O) groups excluding carboxylic acids is 1. The molecular weight excluding hydrogens is 418 g/mol. The van der Waals surface area contributed by atoms with Crippen molar-refractivity contribution in [3.63, 3.8) is 0 Å². The predicted octanol–water partition coefficient (Wildman–Crippen LogP) is 2.74. The third-order valence-electron chi connectivity index (χ3n) is 7.82. The van der Waals surface area contributed by atoms with E-state index in [-0.39, 0.29) is 23.2 Å². The summed E-state index contributed by atoms with van der Waals surface area (Å²) in [5.74, 6) is 2.98. The molecule has 2 aromatic rings. The molecule has 33 heavy (non-hydrogen) atoms. The Morgan fingerprint density at radius 2 is 2.18 bits per heavy atom. The third-order valence-corrected chi connectivity index (χ3v) is 7.82. The Kier molecular flexibility index (Phi) is 7.34. The van der Waals surface area contributed by atoms with Crippen LogP contribution in [0, 0.1) is 17.8 Å². The predicted molar refractivity (Wildman–Crippen MR) is 126 cm³/mol. The maximum Gasteiger partial charge on any atom is 0.220 e. The highest BCUT2D eigenvalue weighted by atomic mass is 16.5. The van der Waals surface area contributed by atoms with E-state index in [0.29, 0.717) is 38.0 Å². The second-order valence-corrected chi connectivity index (χ2v) is 9.78. The van der Waals surface area contributed by atoms with Crippen LogP contribution in [0.3, 0.4) is 0 Å². The van der Waals surface area contributed by atoms with Crippen LogP contribution < -0.4 is 21.1 Å². The molecule has 4 N–H and O–H groups in total. The zero-order valence-electron chi connectivity index (χ0n) is 20.0. The number of amides is 1. The summed E-state index contributed by atoms with van der Waals surface area (Å²) in [6, 6.07) is 6.07. The van der Waals surface area contributed by atoms with Crippen LogP contribution in [0.15, 0.2) is 28.9 Å². The van der Waals surface area contributed by atoms with Crippen LogP contribution in [0.25, 0.3) is 0 Å². The molecule has 3 unspecified atom stereocenters. The number of rotatable bonds is 9. The van der Waals surface area contributed by atoms with Gasteiger partial charge in [0.1, 0.15) is 5.75 Å². The van der Waals surface area contributed by atoms with Gasteiger partial charge in [0.15, 0.2) is 5.76 Å². The molecule has 0 spiro atoms. The van der Waals surface area contributed by atoms with E-state index < -0.39 is 0 Å². The minimum absolute atomic E-state index is 0.0913. The fraction of sp³-hybridized carbons (Fsp3) is 0.640. The average molecular weight is 456 g/mol. The van der Waals surface area contributed by atoms with E-state index in [1.165, 1.54) is 0 Å². The first kappa shape index (κ1) is 23.7. The maximum atomic E-state index is 11.8. The normalized spacial score (nSPS) is 26.4. The van der Waals surface area contributed by atoms with Crippen molar-refractivity contribution < 1.29 is 14.1 Å². The lowest BCUT2D eigenvalue weighted by molar-refractivity contribution is -0.119. The summed E-state index contributed by atoms with van der Waals surface area (Å²) in [5.41, 5.74) is 8.08.